The van der Waals surface area contributed by atoms with Crippen LogP contribution < -0.4 is 15.0 Å². The van der Waals surface area contributed by atoms with Crippen molar-refractivity contribution in [2.45, 2.75) is 6.92 Å². The molecule has 0 saturated carbocycles. The van der Waals surface area contributed by atoms with Crippen molar-refractivity contribution >= 4 is 5.95 Å². The molecule has 3 rings (SSSR count). The zero-order valence-electron chi connectivity index (χ0n) is 12.2. The van der Waals surface area contributed by atoms with Crippen LogP contribution in [0.4, 0.5) is 5.95 Å². The van der Waals surface area contributed by atoms with Crippen LogP contribution in [0.1, 0.15) is 6.92 Å². The van der Waals surface area contributed by atoms with Crippen LogP contribution in [0, 0.1) is 0 Å². The molecule has 5 nitrogen and oxygen atoms in total. The van der Waals surface area contributed by atoms with Gasteiger partial charge in [0.2, 0.25) is 5.95 Å². The molecule has 5 heteroatoms. The molecule has 1 aliphatic rings. The van der Waals surface area contributed by atoms with E-state index in [1.54, 1.807) is 0 Å². The summed E-state index contributed by atoms with van der Waals surface area (Å²) in [5.74, 6) is 1.66. The maximum atomic E-state index is 5.69. The van der Waals surface area contributed by atoms with Gasteiger partial charge in [-0.15, -0.1) is 0 Å². The number of anilines is 1. The van der Waals surface area contributed by atoms with Crippen molar-refractivity contribution in [2.24, 2.45) is 0 Å². The molecule has 1 fully saturated rings. The highest BCUT2D eigenvalue weighted by Gasteiger charge is 2.14. The lowest BCUT2D eigenvalue weighted by atomic mass is 10.1. The summed E-state index contributed by atoms with van der Waals surface area (Å²) >= 11 is 0. The second-order valence-corrected chi connectivity index (χ2v) is 4.91. The summed E-state index contributed by atoms with van der Waals surface area (Å²) < 4.78 is 5.69. The normalized spacial score (nSPS) is 15.0. The minimum Gasteiger partial charge on any atom is -0.493 e. The first kappa shape index (κ1) is 13.8. The molecular weight excluding hydrogens is 264 g/mol. The highest BCUT2D eigenvalue weighted by molar-refractivity contribution is 5.67. The molecule has 1 aromatic carbocycles. The van der Waals surface area contributed by atoms with Crippen molar-refractivity contribution in [1.82, 2.24) is 15.3 Å². The van der Waals surface area contributed by atoms with Gasteiger partial charge in [0.15, 0.2) is 0 Å². The Morgan fingerprint density at radius 2 is 2.00 bits per heavy atom. The monoisotopic (exact) mass is 284 g/mol. The van der Waals surface area contributed by atoms with Gasteiger partial charge in [-0.05, 0) is 25.1 Å². The molecule has 2 heterocycles. The quantitative estimate of drug-likeness (QED) is 0.930. The SMILES string of the molecule is CCOc1ccccc1-c1ccnc(N2CCNCC2)n1. The van der Waals surface area contributed by atoms with Gasteiger partial charge in [0.05, 0.1) is 12.3 Å². The minimum absolute atomic E-state index is 0.646. The van der Waals surface area contributed by atoms with Crippen LogP contribution in [0.3, 0.4) is 0 Å². The second-order valence-electron chi connectivity index (χ2n) is 4.91. The molecule has 0 unspecified atom stereocenters. The summed E-state index contributed by atoms with van der Waals surface area (Å²) in [5.41, 5.74) is 1.92. The van der Waals surface area contributed by atoms with Gasteiger partial charge >= 0.3 is 0 Å². The third-order valence-electron chi connectivity index (χ3n) is 3.51. The van der Waals surface area contributed by atoms with Crippen molar-refractivity contribution in [3.63, 3.8) is 0 Å². The maximum absolute atomic E-state index is 5.69. The van der Waals surface area contributed by atoms with E-state index in [2.05, 4.69) is 15.2 Å². The van der Waals surface area contributed by atoms with E-state index in [0.717, 1.165) is 49.1 Å². The summed E-state index contributed by atoms with van der Waals surface area (Å²) in [5, 5.41) is 3.34. The zero-order chi connectivity index (χ0) is 14.5. The Kier molecular flexibility index (Phi) is 4.31. The lowest BCUT2D eigenvalue weighted by molar-refractivity contribution is 0.341. The minimum atomic E-state index is 0.646. The van der Waals surface area contributed by atoms with Crippen molar-refractivity contribution < 1.29 is 4.74 Å². The molecule has 0 spiro atoms. The Labute approximate surface area is 125 Å². The summed E-state index contributed by atoms with van der Waals surface area (Å²) in [6.45, 7) is 6.47. The van der Waals surface area contributed by atoms with E-state index in [1.165, 1.54) is 0 Å². The molecule has 110 valence electrons. The summed E-state index contributed by atoms with van der Waals surface area (Å²) in [6, 6.07) is 9.93. The van der Waals surface area contributed by atoms with E-state index in [0.29, 0.717) is 6.61 Å². The topological polar surface area (TPSA) is 50.3 Å². The number of ether oxygens (including phenoxy) is 1. The second kappa shape index (κ2) is 6.54. The molecule has 0 atom stereocenters. The predicted molar refractivity (Wildman–Crippen MR) is 83.7 cm³/mol. The average molecular weight is 284 g/mol. The average Bonchev–Trinajstić information content (AvgIpc) is 2.57. The molecule has 21 heavy (non-hydrogen) atoms. The van der Waals surface area contributed by atoms with Crippen LogP contribution in [0.15, 0.2) is 36.5 Å². The molecule has 2 aromatic rings. The molecule has 0 amide bonds. The predicted octanol–water partition coefficient (Wildman–Crippen LogP) is 1.95. The van der Waals surface area contributed by atoms with Crippen LogP contribution in [0.25, 0.3) is 11.3 Å². The smallest absolute Gasteiger partial charge is 0.225 e. The number of nitrogens with zero attached hydrogens (tertiary/aromatic N) is 3. The Morgan fingerprint density at radius 1 is 1.19 bits per heavy atom. The van der Waals surface area contributed by atoms with Gasteiger partial charge in [0.1, 0.15) is 5.75 Å². The number of benzene rings is 1. The lowest BCUT2D eigenvalue weighted by Crippen LogP contribution is -2.44. The first-order valence-electron chi connectivity index (χ1n) is 7.39. The summed E-state index contributed by atoms with van der Waals surface area (Å²) in [6.07, 6.45) is 1.82. The van der Waals surface area contributed by atoms with E-state index in [-0.39, 0.29) is 0 Å². The van der Waals surface area contributed by atoms with E-state index < -0.39 is 0 Å². The maximum Gasteiger partial charge on any atom is 0.225 e. The van der Waals surface area contributed by atoms with Gasteiger partial charge in [-0.25, -0.2) is 9.97 Å². The Morgan fingerprint density at radius 3 is 2.81 bits per heavy atom. The molecule has 1 saturated heterocycles. The molecular formula is C16H20N4O. The summed E-state index contributed by atoms with van der Waals surface area (Å²) in [7, 11) is 0. The molecule has 1 aliphatic heterocycles. The van der Waals surface area contributed by atoms with E-state index in [9.17, 15) is 0 Å². The number of piperazine rings is 1. The van der Waals surface area contributed by atoms with Crippen molar-refractivity contribution in [3.8, 4) is 17.0 Å². The van der Waals surface area contributed by atoms with E-state index in [4.69, 9.17) is 9.72 Å². The molecule has 0 radical (unpaired) electrons. The van der Waals surface area contributed by atoms with Crippen molar-refractivity contribution in [1.29, 1.82) is 0 Å². The number of para-hydroxylation sites is 1. The Hall–Kier alpha value is -2.14. The number of nitrogens with one attached hydrogen (secondary N) is 1. The van der Waals surface area contributed by atoms with Gasteiger partial charge in [0.25, 0.3) is 0 Å². The van der Waals surface area contributed by atoms with Gasteiger partial charge < -0.3 is 15.0 Å². The Balaban J connectivity index is 1.92. The largest absolute Gasteiger partial charge is 0.493 e. The van der Waals surface area contributed by atoms with Crippen LogP contribution >= 0.6 is 0 Å². The van der Waals surface area contributed by atoms with Crippen LogP contribution in [-0.2, 0) is 0 Å². The fraction of sp³-hybridized carbons (Fsp3) is 0.375. The third-order valence-corrected chi connectivity index (χ3v) is 3.51. The van der Waals surface area contributed by atoms with Crippen LogP contribution in [-0.4, -0.2) is 42.8 Å². The van der Waals surface area contributed by atoms with Gasteiger partial charge in [-0.2, -0.15) is 0 Å². The molecule has 1 aromatic heterocycles. The fourth-order valence-corrected chi connectivity index (χ4v) is 2.48. The van der Waals surface area contributed by atoms with Crippen LogP contribution in [0.2, 0.25) is 0 Å². The highest BCUT2D eigenvalue weighted by Crippen LogP contribution is 2.29. The fourth-order valence-electron chi connectivity index (χ4n) is 2.48. The first-order valence-corrected chi connectivity index (χ1v) is 7.39. The Bertz CT molecular complexity index is 596. The molecule has 0 bridgehead atoms. The van der Waals surface area contributed by atoms with Crippen LogP contribution in [0.5, 0.6) is 5.75 Å². The number of rotatable bonds is 4. The molecule has 0 aliphatic carbocycles. The van der Waals surface area contributed by atoms with Gasteiger partial charge in [-0.1, -0.05) is 12.1 Å². The van der Waals surface area contributed by atoms with Crippen molar-refractivity contribution in [2.75, 3.05) is 37.7 Å². The standard InChI is InChI=1S/C16H20N4O/c1-2-21-15-6-4-3-5-13(15)14-7-8-18-16(19-14)20-11-9-17-10-12-20/h3-8,17H,2,9-12H2,1H3. The highest BCUT2D eigenvalue weighted by atomic mass is 16.5. The van der Waals surface area contributed by atoms with Gasteiger partial charge in [-0.3, -0.25) is 0 Å². The van der Waals surface area contributed by atoms with E-state index >= 15 is 0 Å². The van der Waals surface area contributed by atoms with E-state index in [1.807, 2.05) is 43.5 Å². The first-order chi connectivity index (χ1) is 10.4. The number of hydrogen-bond acceptors (Lipinski definition) is 5. The summed E-state index contributed by atoms with van der Waals surface area (Å²) in [4.78, 5) is 11.3. The number of aromatic nitrogens is 2. The van der Waals surface area contributed by atoms with Gasteiger partial charge in [0, 0.05) is 37.9 Å². The van der Waals surface area contributed by atoms with Crippen molar-refractivity contribution in [3.05, 3.63) is 36.5 Å². The third kappa shape index (κ3) is 3.13. The number of hydrogen-bond donors (Lipinski definition) is 1. The molecule has 1 N–H and O–H groups in total. The lowest BCUT2D eigenvalue weighted by Gasteiger charge is -2.27. The zero-order valence-corrected chi connectivity index (χ0v) is 12.2.